The van der Waals surface area contributed by atoms with Crippen LogP contribution >= 0.6 is 0 Å². The Bertz CT molecular complexity index is 743. The first-order valence-corrected chi connectivity index (χ1v) is 7.47. The van der Waals surface area contributed by atoms with Crippen LogP contribution in [0.4, 0.5) is 4.39 Å². The third-order valence-electron chi connectivity index (χ3n) is 3.92. The molecule has 5 heteroatoms. The normalized spacial score (nSPS) is 17.7. The Hall–Kier alpha value is -2.69. The van der Waals surface area contributed by atoms with Gasteiger partial charge in [-0.25, -0.2) is 4.39 Å². The number of hydrogen-bond acceptors (Lipinski definition) is 2. The minimum atomic E-state index is -0.739. The highest BCUT2D eigenvalue weighted by Crippen LogP contribution is 2.25. The predicted molar refractivity (Wildman–Crippen MR) is 84.4 cm³/mol. The van der Waals surface area contributed by atoms with E-state index >= 15 is 0 Å². The lowest BCUT2D eigenvalue weighted by atomic mass is 10.0. The largest absolute Gasteiger partial charge is 0.352 e. The molecule has 1 atom stereocenters. The maximum absolute atomic E-state index is 13.1. The molecular formula is C18H17FN2O2. The van der Waals surface area contributed by atoms with Gasteiger partial charge in [0.05, 0.1) is 0 Å². The Kier molecular flexibility index (Phi) is 4.10. The van der Waals surface area contributed by atoms with Crippen molar-refractivity contribution in [1.29, 1.82) is 0 Å². The number of hydrogen-bond donors (Lipinski definition) is 1. The molecule has 3 rings (SSSR count). The summed E-state index contributed by atoms with van der Waals surface area (Å²) in [5.41, 5.74) is 2.13. The van der Waals surface area contributed by atoms with Gasteiger partial charge in [0.15, 0.2) is 0 Å². The summed E-state index contributed by atoms with van der Waals surface area (Å²) in [6.45, 7) is 2.74. The van der Waals surface area contributed by atoms with Crippen molar-refractivity contribution in [2.45, 2.75) is 13.0 Å². The van der Waals surface area contributed by atoms with Gasteiger partial charge in [0, 0.05) is 18.7 Å². The molecule has 0 saturated carbocycles. The Morgan fingerprint density at radius 2 is 1.96 bits per heavy atom. The zero-order chi connectivity index (χ0) is 16.4. The van der Waals surface area contributed by atoms with Crippen molar-refractivity contribution in [3.8, 4) is 0 Å². The van der Waals surface area contributed by atoms with E-state index in [2.05, 4.69) is 5.32 Å². The Morgan fingerprint density at radius 3 is 2.65 bits per heavy atom. The highest BCUT2D eigenvalue weighted by Gasteiger charge is 2.34. The number of benzene rings is 2. The number of amides is 2. The number of carbonyl (C=O) groups is 2. The van der Waals surface area contributed by atoms with Crippen LogP contribution in [0.1, 0.15) is 27.5 Å². The van der Waals surface area contributed by atoms with Gasteiger partial charge in [0.2, 0.25) is 5.91 Å². The monoisotopic (exact) mass is 312 g/mol. The second-order valence-corrected chi connectivity index (χ2v) is 5.61. The number of aryl methyl sites for hydroxylation is 1. The molecule has 0 aliphatic carbocycles. The Balaban J connectivity index is 1.96. The van der Waals surface area contributed by atoms with Crippen molar-refractivity contribution in [3.63, 3.8) is 0 Å². The quantitative estimate of drug-likeness (QED) is 0.926. The van der Waals surface area contributed by atoms with Gasteiger partial charge < -0.3 is 10.2 Å². The first-order valence-electron chi connectivity index (χ1n) is 7.47. The van der Waals surface area contributed by atoms with E-state index in [0.717, 1.165) is 5.56 Å². The first kappa shape index (κ1) is 15.2. The lowest BCUT2D eigenvalue weighted by molar-refractivity contribution is -0.128. The first-order chi connectivity index (χ1) is 11.1. The van der Waals surface area contributed by atoms with Crippen LogP contribution in [0, 0.1) is 12.7 Å². The number of carbonyl (C=O) groups excluding carboxylic acids is 2. The summed E-state index contributed by atoms with van der Waals surface area (Å²) in [5.74, 6) is -0.816. The van der Waals surface area contributed by atoms with Crippen molar-refractivity contribution in [2.24, 2.45) is 0 Å². The number of nitrogens with one attached hydrogen (secondary N) is 1. The van der Waals surface area contributed by atoms with Crippen LogP contribution < -0.4 is 5.32 Å². The molecule has 1 aliphatic rings. The van der Waals surface area contributed by atoms with Crippen LogP contribution in [0.5, 0.6) is 0 Å². The molecule has 0 spiro atoms. The van der Waals surface area contributed by atoms with Crippen molar-refractivity contribution < 1.29 is 14.0 Å². The summed E-state index contributed by atoms with van der Waals surface area (Å²) in [6, 6.07) is 12.2. The molecule has 0 radical (unpaired) electrons. The summed E-state index contributed by atoms with van der Waals surface area (Å²) >= 11 is 0. The molecule has 1 unspecified atom stereocenters. The van der Waals surface area contributed by atoms with E-state index in [1.807, 2.05) is 19.1 Å². The molecule has 1 aliphatic heterocycles. The van der Waals surface area contributed by atoms with E-state index in [1.165, 1.54) is 12.1 Å². The van der Waals surface area contributed by atoms with Crippen LogP contribution in [0.25, 0.3) is 0 Å². The average Bonchev–Trinajstić information content (AvgIpc) is 2.55. The van der Waals surface area contributed by atoms with Gasteiger partial charge in [-0.05, 0) is 36.8 Å². The summed E-state index contributed by atoms with van der Waals surface area (Å²) in [7, 11) is 0. The molecule has 2 aromatic rings. The molecule has 118 valence electrons. The minimum Gasteiger partial charge on any atom is -0.352 e. The zero-order valence-electron chi connectivity index (χ0n) is 12.8. The van der Waals surface area contributed by atoms with Gasteiger partial charge in [-0.15, -0.1) is 0 Å². The Labute approximate surface area is 133 Å². The smallest absolute Gasteiger partial charge is 0.254 e. The molecule has 23 heavy (non-hydrogen) atoms. The van der Waals surface area contributed by atoms with Gasteiger partial charge >= 0.3 is 0 Å². The van der Waals surface area contributed by atoms with Gasteiger partial charge in [0.1, 0.15) is 11.9 Å². The molecule has 1 heterocycles. The van der Waals surface area contributed by atoms with E-state index in [1.54, 1.807) is 29.2 Å². The molecule has 4 nitrogen and oxygen atoms in total. The predicted octanol–water partition coefficient (Wildman–Crippen LogP) is 2.45. The van der Waals surface area contributed by atoms with Crippen LogP contribution in [-0.2, 0) is 4.79 Å². The highest BCUT2D eigenvalue weighted by atomic mass is 19.1. The maximum atomic E-state index is 13.1. The Morgan fingerprint density at radius 1 is 1.22 bits per heavy atom. The molecule has 2 amide bonds. The van der Waals surface area contributed by atoms with E-state index in [0.29, 0.717) is 24.2 Å². The van der Waals surface area contributed by atoms with Crippen molar-refractivity contribution in [3.05, 3.63) is 71.0 Å². The van der Waals surface area contributed by atoms with E-state index in [9.17, 15) is 14.0 Å². The fourth-order valence-electron chi connectivity index (χ4n) is 2.81. The minimum absolute atomic E-state index is 0.196. The van der Waals surface area contributed by atoms with Crippen molar-refractivity contribution in [1.82, 2.24) is 10.2 Å². The average molecular weight is 312 g/mol. The lowest BCUT2D eigenvalue weighted by Gasteiger charge is -2.35. The number of halogens is 1. The molecule has 1 fully saturated rings. The molecular weight excluding hydrogens is 295 g/mol. The highest BCUT2D eigenvalue weighted by molar-refractivity contribution is 5.98. The van der Waals surface area contributed by atoms with Gasteiger partial charge in [-0.2, -0.15) is 0 Å². The number of rotatable bonds is 2. The molecule has 1 N–H and O–H groups in total. The topological polar surface area (TPSA) is 49.4 Å². The lowest BCUT2D eigenvalue weighted by Crippen LogP contribution is -2.52. The second kappa shape index (κ2) is 6.20. The molecule has 1 saturated heterocycles. The van der Waals surface area contributed by atoms with Crippen LogP contribution in [0.2, 0.25) is 0 Å². The van der Waals surface area contributed by atoms with Gasteiger partial charge in [-0.1, -0.05) is 29.8 Å². The number of piperazine rings is 1. The standard InChI is InChI=1S/C18H17FN2O2/c1-12-3-2-4-14(11-12)18(23)21-10-9-20-17(22)16(21)13-5-7-15(19)8-6-13/h2-8,11,16H,9-10H2,1H3,(H,20,22). The van der Waals surface area contributed by atoms with Gasteiger partial charge in [-0.3, -0.25) is 9.59 Å². The second-order valence-electron chi connectivity index (χ2n) is 5.61. The van der Waals surface area contributed by atoms with Crippen LogP contribution in [0.15, 0.2) is 48.5 Å². The SMILES string of the molecule is Cc1cccc(C(=O)N2CCNC(=O)C2c2ccc(F)cc2)c1. The molecule has 0 aromatic heterocycles. The third kappa shape index (κ3) is 3.08. The fraction of sp³-hybridized carbons (Fsp3) is 0.222. The number of nitrogens with zero attached hydrogens (tertiary/aromatic N) is 1. The van der Waals surface area contributed by atoms with Gasteiger partial charge in [0.25, 0.3) is 5.91 Å². The van der Waals surface area contributed by atoms with Crippen LogP contribution in [0.3, 0.4) is 0 Å². The third-order valence-corrected chi connectivity index (χ3v) is 3.92. The maximum Gasteiger partial charge on any atom is 0.254 e. The van der Waals surface area contributed by atoms with Crippen molar-refractivity contribution in [2.75, 3.05) is 13.1 Å². The van der Waals surface area contributed by atoms with E-state index in [-0.39, 0.29) is 17.6 Å². The molecule has 2 aromatic carbocycles. The fourth-order valence-corrected chi connectivity index (χ4v) is 2.81. The van der Waals surface area contributed by atoms with Crippen LogP contribution in [-0.4, -0.2) is 29.8 Å². The van der Waals surface area contributed by atoms with Crippen molar-refractivity contribution >= 4 is 11.8 Å². The summed E-state index contributed by atoms with van der Waals surface area (Å²) < 4.78 is 13.1. The summed E-state index contributed by atoms with van der Waals surface area (Å²) in [4.78, 5) is 26.7. The summed E-state index contributed by atoms with van der Waals surface area (Å²) in [5, 5.41) is 2.77. The van der Waals surface area contributed by atoms with E-state index in [4.69, 9.17) is 0 Å². The molecule has 0 bridgehead atoms. The zero-order valence-corrected chi connectivity index (χ0v) is 12.8. The summed E-state index contributed by atoms with van der Waals surface area (Å²) in [6.07, 6.45) is 0. The van der Waals surface area contributed by atoms with E-state index < -0.39 is 6.04 Å².